The van der Waals surface area contributed by atoms with Crippen molar-refractivity contribution in [3.05, 3.63) is 12.7 Å². The van der Waals surface area contributed by atoms with Crippen molar-refractivity contribution in [1.82, 2.24) is 24.8 Å². The van der Waals surface area contributed by atoms with Crippen LogP contribution in [-0.4, -0.2) is 31.5 Å². The van der Waals surface area contributed by atoms with Crippen molar-refractivity contribution in [1.29, 1.82) is 0 Å². The van der Waals surface area contributed by atoms with Gasteiger partial charge in [0.1, 0.15) is 11.8 Å². The lowest BCUT2D eigenvalue weighted by molar-refractivity contribution is -0.122. The van der Waals surface area contributed by atoms with Crippen LogP contribution in [0.25, 0.3) is 11.2 Å². The summed E-state index contributed by atoms with van der Waals surface area (Å²) < 4.78 is 1.85. The topological polar surface area (TPSA) is 98.7 Å². The Labute approximate surface area is 135 Å². The van der Waals surface area contributed by atoms with Gasteiger partial charge in [-0.05, 0) is 31.1 Å². The van der Waals surface area contributed by atoms with E-state index in [0.29, 0.717) is 47.8 Å². The van der Waals surface area contributed by atoms with E-state index in [9.17, 15) is 4.79 Å². The standard InChI is InChI=1S/C16H24N6O/c1-10-5-11(2)7-12(6-10)21-13(23)3-4-22-9-20-14-15(17)18-8-19-16(14)22/h8-12H,3-7H2,1-2H3,(H,21,23)(H2,17,18,19). The molecule has 7 heteroatoms. The molecule has 0 saturated heterocycles. The number of nitrogens with one attached hydrogen (secondary N) is 1. The van der Waals surface area contributed by atoms with E-state index in [1.807, 2.05) is 4.57 Å². The maximum atomic E-state index is 12.2. The van der Waals surface area contributed by atoms with Gasteiger partial charge in [-0.3, -0.25) is 4.79 Å². The molecule has 0 aromatic carbocycles. The molecule has 7 nitrogen and oxygen atoms in total. The lowest BCUT2D eigenvalue weighted by Gasteiger charge is -2.32. The van der Waals surface area contributed by atoms with Gasteiger partial charge in [0, 0.05) is 19.0 Å². The van der Waals surface area contributed by atoms with Crippen LogP contribution in [0.2, 0.25) is 0 Å². The number of rotatable bonds is 4. The second-order valence-corrected chi connectivity index (χ2v) is 6.80. The zero-order valence-electron chi connectivity index (χ0n) is 13.7. The third-order valence-electron chi connectivity index (χ3n) is 4.55. The normalized spacial score (nSPS) is 24.7. The van der Waals surface area contributed by atoms with Crippen molar-refractivity contribution in [3.8, 4) is 0 Å². The fourth-order valence-electron chi connectivity index (χ4n) is 3.65. The predicted molar refractivity (Wildman–Crippen MR) is 88.5 cm³/mol. The molecule has 2 unspecified atom stereocenters. The van der Waals surface area contributed by atoms with E-state index < -0.39 is 0 Å². The van der Waals surface area contributed by atoms with Crippen molar-refractivity contribution < 1.29 is 4.79 Å². The van der Waals surface area contributed by atoms with E-state index in [1.165, 1.54) is 12.7 Å². The van der Waals surface area contributed by atoms with Crippen LogP contribution in [0, 0.1) is 11.8 Å². The summed E-state index contributed by atoms with van der Waals surface area (Å²) in [4.78, 5) is 24.5. The highest BCUT2D eigenvalue weighted by atomic mass is 16.1. The highest BCUT2D eigenvalue weighted by Crippen LogP contribution is 2.28. The van der Waals surface area contributed by atoms with Gasteiger partial charge >= 0.3 is 0 Å². The number of hydrogen-bond acceptors (Lipinski definition) is 5. The number of nitrogens with two attached hydrogens (primary N) is 1. The van der Waals surface area contributed by atoms with Crippen LogP contribution in [0.5, 0.6) is 0 Å². The van der Waals surface area contributed by atoms with E-state index in [0.717, 1.165) is 12.8 Å². The molecular weight excluding hydrogens is 292 g/mol. The molecule has 0 aliphatic heterocycles. The summed E-state index contributed by atoms with van der Waals surface area (Å²) in [7, 11) is 0. The Balaban J connectivity index is 1.57. The Bertz CT molecular complexity index is 687. The molecule has 2 atom stereocenters. The lowest BCUT2D eigenvalue weighted by Crippen LogP contribution is -2.40. The molecule has 124 valence electrons. The molecule has 3 N–H and O–H groups in total. The quantitative estimate of drug-likeness (QED) is 0.895. The second-order valence-electron chi connectivity index (χ2n) is 6.80. The Morgan fingerprint density at radius 3 is 2.74 bits per heavy atom. The molecule has 1 aliphatic carbocycles. The largest absolute Gasteiger partial charge is 0.382 e. The van der Waals surface area contributed by atoms with Crippen LogP contribution in [0.3, 0.4) is 0 Å². The third-order valence-corrected chi connectivity index (χ3v) is 4.55. The molecule has 1 fully saturated rings. The van der Waals surface area contributed by atoms with Gasteiger partial charge in [0.2, 0.25) is 5.91 Å². The molecule has 2 aromatic rings. The minimum Gasteiger partial charge on any atom is -0.382 e. The van der Waals surface area contributed by atoms with E-state index in [2.05, 4.69) is 34.1 Å². The van der Waals surface area contributed by atoms with Crippen LogP contribution >= 0.6 is 0 Å². The third kappa shape index (κ3) is 3.60. The van der Waals surface area contributed by atoms with Gasteiger partial charge in [-0.1, -0.05) is 13.8 Å². The first kappa shape index (κ1) is 15.7. The van der Waals surface area contributed by atoms with E-state index >= 15 is 0 Å². The number of hydrogen-bond donors (Lipinski definition) is 2. The fraction of sp³-hybridized carbons (Fsp3) is 0.625. The Kier molecular flexibility index (Phi) is 4.45. The molecule has 1 amide bonds. The van der Waals surface area contributed by atoms with Gasteiger partial charge in [-0.2, -0.15) is 0 Å². The molecule has 2 aromatic heterocycles. The number of carbonyl (C=O) groups is 1. The smallest absolute Gasteiger partial charge is 0.222 e. The van der Waals surface area contributed by atoms with Gasteiger partial charge in [-0.15, -0.1) is 0 Å². The van der Waals surface area contributed by atoms with Crippen molar-refractivity contribution in [2.75, 3.05) is 5.73 Å². The number of carbonyl (C=O) groups excluding carboxylic acids is 1. The number of imidazole rings is 1. The first-order valence-corrected chi connectivity index (χ1v) is 8.23. The summed E-state index contributed by atoms with van der Waals surface area (Å²) in [5, 5.41) is 3.17. The maximum Gasteiger partial charge on any atom is 0.222 e. The minimum absolute atomic E-state index is 0.0835. The van der Waals surface area contributed by atoms with Crippen molar-refractivity contribution in [2.24, 2.45) is 11.8 Å². The molecule has 2 heterocycles. The van der Waals surface area contributed by atoms with Crippen molar-refractivity contribution in [3.63, 3.8) is 0 Å². The average molecular weight is 316 g/mol. The molecule has 0 spiro atoms. The average Bonchev–Trinajstić information content (AvgIpc) is 2.88. The number of aromatic nitrogens is 4. The lowest BCUT2D eigenvalue weighted by atomic mass is 9.80. The van der Waals surface area contributed by atoms with Gasteiger partial charge < -0.3 is 15.6 Å². The number of nitrogen functional groups attached to an aromatic ring is 1. The van der Waals surface area contributed by atoms with E-state index in [4.69, 9.17) is 5.73 Å². The maximum absolute atomic E-state index is 12.2. The van der Waals surface area contributed by atoms with E-state index in [-0.39, 0.29) is 5.91 Å². The number of nitrogens with zero attached hydrogens (tertiary/aromatic N) is 4. The number of aryl methyl sites for hydroxylation is 1. The van der Waals surface area contributed by atoms with Gasteiger partial charge in [0.05, 0.1) is 6.33 Å². The highest BCUT2D eigenvalue weighted by Gasteiger charge is 2.24. The molecule has 0 radical (unpaired) electrons. The van der Waals surface area contributed by atoms with Crippen molar-refractivity contribution in [2.45, 2.75) is 52.1 Å². The van der Waals surface area contributed by atoms with Gasteiger partial charge in [0.25, 0.3) is 0 Å². The summed E-state index contributed by atoms with van der Waals surface area (Å²) in [5.41, 5.74) is 7.03. The summed E-state index contributed by atoms with van der Waals surface area (Å²) in [6, 6.07) is 0.304. The van der Waals surface area contributed by atoms with Crippen LogP contribution in [-0.2, 0) is 11.3 Å². The van der Waals surface area contributed by atoms with Crippen molar-refractivity contribution >= 4 is 22.9 Å². The Hall–Kier alpha value is -2.18. The monoisotopic (exact) mass is 316 g/mol. The Morgan fingerprint density at radius 2 is 2.00 bits per heavy atom. The number of anilines is 1. The fourth-order valence-corrected chi connectivity index (χ4v) is 3.65. The number of fused-ring (bicyclic) bond motifs is 1. The van der Waals surface area contributed by atoms with Crippen LogP contribution < -0.4 is 11.1 Å². The zero-order valence-corrected chi connectivity index (χ0v) is 13.7. The summed E-state index contributed by atoms with van der Waals surface area (Å²) in [6.07, 6.45) is 6.90. The molecule has 23 heavy (non-hydrogen) atoms. The van der Waals surface area contributed by atoms with Crippen LogP contribution in [0.1, 0.15) is 39.5 Å². The van der Waals surface area contributed by atoms with Gasteiger partial charge in [0.15, 0.2) is 11.5 Å². The first-order chi connectivity index (χ1) is 11.0. The molecular formula is C16H24N6O. The summed E-state index contributed by atoms with van der Waals surface area (Å²) in [5.74, 6) is 1.81. The van der Waals surface area contributed by atoms with E-state index in [1.54, 1.807) is 6.33 Å². The molecule has 1 aliphatic rings. The zero-order chi connectivity index (χ0) is 16.4. The number of amides is 1. The molecule has 1 saturated carbocycles. The van der Waals surface area contributed by atoms with Crippen LogP contribution in [0.15, 0.2) is 12.7 Å². The van der Waals surface area contributed by atoms with Gasteiger partial charge in [-0.25, -0.2) is 15.0 Å². The first-order valence-electron chi connectivity index (χ1n) is 8.23. The highest BCUT2D eigenvalue weighted by molar-refractivity contribution is 5.81. The second kappa shape index (κ2) is 6.52. The van der Waals surface area contributed by atoms with Crippen LogP contribution in [0.4, 0.5) is 5.82 Å². The summed E-state index contributed by atoms with van der Waals surface area (Å²) >= 11 is 0. The molecule has 0 bridgehead atoms. The molecule has 3 rings (SSSR count). The minimum atomic E-state index is 0.0835. The predicted octanol–water partition coefficient (Wildman–Crippen LogP) is 1.74. The Morgan fingerprint density at radius 1 is 1.26 bits per heavy atom. The summed E-state index contributed by atoms with van der Waals surface area (Å²) in [6.45, 7) is 5.06. The SMILES string of the molecule is CC1CC(C)CC(NC(=O)CCn2cnc3c(N)ncnc32)C1.